The molecule has 3 saturated heterocycles. The molecule has 0 saturated carbocycles. The van der Waals surface area contributed by atoms with Gasteiger partial charge in [0, 0.05) is 75.7 Å². The van der Waals surface area contributed by atoms with Crippen LogP contribution in [-0.4, -0.2) is 90.7 Å². The first kappa shape index (κ1) is 36.2. The van der Waals surface area contributed by atoms with Crippen LogP contribution in [-0.2, 0) is 22.6 Å². The lowest BCUT2D eigenvalue weighted by Crippen LogP contribution is -2.52. The van der Waals surface area contributed by atoms with Crippen LogP contribution in [0.15, 0.2) is 66.2 Å². The van der Waals surface area contributed by atoms with Gasteiger partial charge in [0.15, 0.2) is 0 Å². The number of alkyl halides is 3. The SMILES string of the molecule is O=C1CC[C@H](N2Cc3cc(N4CCN(CC5CCN(c6ccc(C7=C(CC(F)(F)F)CCCc8cc(O)ccc87)cc6)CC5)CC4)ccc3C2=O)C(=O)N1. The maximum Gasteiger partial charge on any atom is 0.392 e. The zero-order valence-corrected chi connectivity index (χ0v) is 30.3. The number of amides is 3. The van der Waals surface area contributed by atoms with Gasteiger partial charge in [-0.3, -0.25) is 24.6 Å². The van der Waals surface area contributed by atoms with Crippen LogP contribution in [0.3, 0.4) is 0 Å². The number of hydrogen-bond acceptors (Lipinski definition) is 7. The van der Waals surface area contributed by atoms with Gasteiger partial charge in [-0.25, -0.2) is 0 Å². The molecule has 0 spiro atoms. The van der Waals surface area contributed by atoms with Crippen LogP contribution in [0, 0.1) is 5.92 Å². The van der Waals surface area contributed by atoms with Crippen molar-refractivity contribution in [3.05, 3.63) is 94.1 Å². The highest BCUT2D eigenvalue weighted by Crippen LogP contribution is 2.41. The summed E-state index contributed by atoms with van der Waals surface area (Å²) in [5.41, 5.74) is 7.21. The number of allylic oxidation sites excluding steroid dienone is 1. The number of hydrogen-bond donors (Lipinski definition) is 2. The molecule has 8 rings (SSSR count). The molecule has 3 aromatic rings. The Morgan fingerprint density at radius 2 is 1.44 bits per heavy atom. The van der Waals surface area contributed by atoms with E-state index in [4.69, 9.17) is 0 Å². The fourth-order valence-corrected chi connectivity index (χ4v) is 9.14. The molecular formula is C42H46F3N5O4. The van der Waals surface area contributed by atoms with Gasteiger partial charge in [0.25, 0.3) is 5.91 Å². The van der Waals surface area contributed by atoms with Crippen molar-refractivity contribution < 1.29 is 32.7 Å². The Balaban J connectivity index is 0.847. The summed E-state index contributed by atoms with van der Waals surface area (Å²) < 4.78 is 41.1. The second-order valence-electron chi connectivity index (χ2n) is 15.5. The summed E-state index contributed by atoms with van der Waals surface area (Å²) in [6, 6.07) is 18.3. The second-order valence-corrected chi connectivity index (χ2v) is 15.5. The fourth-order valence-electron chi connectivity index (χ4n) is 9.14. The molecule has 4 aliphatic heterocycles. The average Bonchev–Trinajstić information content (AvgIpc) is 3.37. The first-order valence-corrected chi connectivity index (χ1v) is 19.2. The predicted octanol–water partition coefficient (Wildman–Crippen LogP) is 6.28. The summed E-state index contributed by atoms with van der Waals surface area (Å²) in [5.74, 6) is -0.123. The molecule has 1 atom stereocenters. The Morgan fingerprint density at radius 1 is 0.741 bits per heavy atom. The van der Waals surface area contributed by atoms with E-state index in [0.29, 0.717) is 54.9 Å². The summed E-state index contributed by atoms with van der Waals surface area (Å²) in [4.78, 5) is 46.0. The minimum Gasteiger partial charge on any atom is -0.508 e. The van der Waals surface area contributed by atoms with Crippen molar-refractivity contribution in [1.29, 1.82) is 0 Å². The topological polar surface area (TPSA) is 96.4 Å². The van der Waals surface area contributed by atoms with Gasteiger partial charge in [-0.15, -0.1) is 0 Å². The number of nitrogens with zero attached hydrogens (tertiary/aromatic N) is 4. The van der Waals surface area contributed by atoms with Crippen LogP contribution in [0.1, 0.15) is 77.6 Å². The molecule has 0 unspecified atom stereocenters. The molecule has 1 aliphatic carbocycles. The van der Waals surface area contributed by atoms with Crippen molar-refractivity contribution in [1.82, 2.24) is 15.1 Å². The number of benzene rings is 3. The van der Waals surface area contributed by atoms with Gasteiger partial charge in [-0.05, 0) is 115 Å². The van der Waals surface area contributed by atoms with Crippen LogP contribution in [0.5, 0.6) is 5.75 Å². The number of carbonyl (C=O) groups excluding carboxylic acids is 3. The van der Waals surface area contributed by atoms with E-state index in [9.17, 15) is 32.7 Å². The Hall–Kier alpha value is -4.84. The van der Waals surface area contributed by atoms with E-state index in [1.807, 2.05) is 36.4 Å². The van der Waals surface area contributed by atoms with Gasteiger partial charge in [-0.2, -0.15) is 13.2 Å². The molecule has 2 N–H and O–H groups in total. The van der Waals surface area contributed by atoms with Crippen LogP contribution in [0.2, 0.25) is 0 Å². The van der Waals surface area contributed by atoms with Crippen LogP contribution in [0.25, 0.3) is 5.57 Å². The molecule has 0 radical (unpaired) electrons. The van der Waals surface area contributed by atoms with Gasteiger partial charge in [0.2, 0.25) is 11.8 Å². The van der Waals surface area contributed by atoms with E-state index in [1.165, 1.54) is 0 Å². The van der Waals surface area contributed by atoms with Gasteiger partial charge >= 0.3 is 6.18 Å². The standard InChI is InChI=1S/C42H46F3N5O4/c43-42(44,45)24-30-3-1-2-29-23-34(51)9-11-35(29)39(30)28-4-6-32(7-5-28)48-16-14-27(15-17-48)25-47-18-20-49(21-19-47)33-8-10-36-31(22-33)26-50(41(36)54)37-12-13-38(52)46-40(37)53/h4-11,22-23,27,37,51H,1-3,12-21,24-26H2,(H,46,52,53)/t37-/m0/s1. The Morgan fingerprint density at radius 3 is 2.17 bits per heavy atom. The molecule has 3 aromatic carbocycles. The number of phenols is 1. The molecule has 0 aromatic heterocycles. The number of fused-ring (bicyclic) bond motifs is 2. The zero-order chi connectivity index (χ0) is 37.6. The number of rotatable bonds is 7. The lowest BCUT2D eigenvalue weighted by molar-refractivity contribution is -0.137. The third kappa shape index (κ3) is 7.58. The number of imide groups is 1. The first-order valence-electron chi connectivity index (χ1n) is 19.2. The molecule has 12 heteroatoms. The number of phenolic OH excluding ortho intramolecular Hbond substituents is 1. The third-order valence-corrected chi connectivity index (χ3v) is 11.9. The third-order valence-electron chi connectivity index (χ3n) is 11.9. The highest BCUT2D eigenvalue weighted by molar-refractivity contribution is 6.05. The van der Waals surface area contributed by atoms with E-state index < -0.39 is 24.5 Å². The number of aryl methyl sites for hydroxylation is 1. The lowest BCUT2D eigenvalue weighted by atomic mass is 9.89. The summed E-state index contributed by atoms with van der Waals surface area (Å²) >= 11 is 0. The number of nitrogens with one attached hydrogen (secondary N) is 1. The highest BCUT2D eigenvalue weighted by atomic mass is 19.4. The summed E-state index contributed by atoms with van der Waals surface area (Å²) in [7, 11) is 0. The normalized spacial score (nSPS) is 21.6. The number of aromatic hydroxyl groups is 1. The van der Waals surface area contributed by atoms with Crippen LogP contribution < -0.4 is 15.1 Å². The molecule has 9 nitrogen and oxygen atoms in total. The Labute approximate surface area is 313 Å². The molecular weight excluding hydrogens is 695 g/mol. The van der Waals surface area contributed by atoms with Crippen molar-refractivity contribution in [3.63, 3.8) is 0 Å². The van der Waals surface area contributed by atoms with E-state index in [1.54, 1.807) is 23.1 Å². The predicted molar refractivity (Wildman–Crippen MR) is 200 cm³/mol. The van der Waals surface area contributed by atoms with Gasteiger partial charge in [-0.1, -0.05) is 23.8 Å². The Bertz CT molecular complexity index is 1960. The number of carbonyl (C=O) groups is 3. The van der Waals surface area contributed by atoms with E-state index in [2.05, 4.69) is 26.1 Å². The van der Waals surface area contributed by atoms with Gasteiger partial charge in [0.1, 0.15) is 11.8 Å². The minimum atomic E-state index is -4.30. The Kier molecular flexibility index (Phi) is 9.89. The lowest BCUT2D eigenvalue weighted by Gasteiger charge is -2.40. The molecule has 5 aliphatic rings. The van der Waals surface area contributed by atoms with Crippen LogP contribution in [0.4, 0.5) is 24.5 Å². The highest BCUT2D eigenvalue weighted by Gasteiger charge is 2.39. The maximum absolute atomic E-state index is 13.7. The van der Waals surface area contributed by atoms with Crippen molar-refractivity contribution in [2.75, 3.05) is 55.6 Å². The van der Waals surface area contributed by atoms with Crippen molar-refractivity contribution >= 4 is 34.7 Å². The van der Waals surface area contributed by atoms with E-state index >= 15 is 0 Å². The van der Waals surface area contributed by atoms with Crippen LogP contribution >= 0.6 is 0 Å². The van der Waals surface area contributed by atoms with Gasteiger partial charge in [0.05, 0.1) is 6.42 Å². The zero-order valence-electron chi connectivity index (χ0n) is 30.3. The quantitative estimate of drug-likeness (QED) is 0.275. The summed E-state index contributed by atoms with van der Waals surface area (Å²) in [5, 5.41) is 12.4. The molecule has 284 valence electrons. The summed E-state index contributed by atoms with van der Waals surface area (Å²) in [6.07, 6.45) is -0.883. The number of piperazine rings is 1. The average molecular weight is 742 g/mol. The maximum atomic E-state index is 13.7. The first-order chi connectivity index (χ1) is 26.0. The number of halogens is 3. The minimum absolute atomic E-state index is 0.130. The largest absolute Gasteiger partial charge is 0.508 e. The second kappa shape index (κ2) is 14.8. The van der Waals surface area contributed by atoms with Crippen molar-refractivity contribution in [2.45, 2.75) is 70.1 Å². The molecule has 54 heavy (non-hydrogen) atoms. The molecule has 3 amide bonds. The smallest absolute Gasteiger partial charge is 0.392 e. The van der Waals surface area contributed by atoms with Crippen molar-refractivity contribution in [2.24, 2.45) is 5.92 Å². The molecule has 4 heterocycles. The monoisotopic (exact) mass is 741 g/mol. The van der Waals surface area contributed by atoms with Gasteiger partial charge < -0.3 is 19.8 Å². The number of piperidine rings is 2. The summed E-state index contributed by atoms with van der Waals surface area (Å²) in [6.45, 7) is 6.97. The molecule has 0 bridgehead atoms. The van der Waals surface area contributed by atoms with E-state index in [-0.39, 0.29) is 24.0 Å². The fraction of sp³-hybridized carbons (Fsp3) is 0.452. The molecule has 3 fully saturated rings. The number of anilines is 2. The van der Waals surface area contributed by atoms with Crippen molar-refractivity contribution in [3.8, 4) is 5.75 Å². The van der Waals surface area contributed by atoms with E-state index in [0.717, 1.165) is 92.3 Å².